The lowest BCUT2D eigenvalue weighted by atomic mass is 10.1. The standard InChI is InChI=1S/C10H7F2NO2/c1-2-15-10(14)7-4-8(11)6(5-13)3-9(7)12/h3-4H,2H2,1H3. The zero-order valence-electron chi connectivity index (χ0n) is 7.88. The Morgan fingerprint density at radius 3 is 2.67 bits per heavy atom. The molecule has 0 radical (unpaired) electrons. The van der Waals surface area contributed by atoms with Crippen LogP contribution in [-0.2, 0) is 4.74 Å². The van der Waals surface area contributed by atoms with Crippen LogP contribution in [0.1, 0.15) is 22.8 Å². The topological polar surface area (TPSA) is 50.1 Å². The van der Waals surface area contributed by atoms with Gasteiger partial charge >= 0.3 is 5.97 Å². The fraction of sp³-hybridized carbons (Fsp3) is 0.200. The molecule has 0 saturated heterocycles. The van der Waals surface area contributed by atoms with E-state index >= 15 is 0 Å². The number of rotatable bonds is 2. The minimum Gasteiger partial charge on any atom is -0.462 e. The molecule has 0 heterocycles. The van der Waals surface area contributed by atoms with E-state index < -0.39 is 28.7 Å². The van der Waals surface area contributed by atoms with E-state index in [0.29, 0.717) is 12.1 Å². The second kappa shape index (κ2) is 4.51. The molecule has 0 spiro atoms. The van der Waals surface area contributed by atoms with E-state index in [1.807, 2.05) is 0 Å². The molecule has 78 valence electrons. The van der Waals surface area contributed by atoms with Gasteiger partial charge in [-0.15, -0.1) is 0 Å². The Hall–Kier alpha value is -1.96. The SMILES string of the molecule is CCOC(=O)c1cc(F)c(C#N)cc1F. The molecule has 0 unspecified atom stereocenters. The summed E-state index contributed by atoms with van der Waals surface area (Å²) < 4.78 is 30.7. The highest BCUT2D eigenvalue weighted by Gasteiger charge is 2.16. The number of halogens is 2. The van der Waals surface area contributed by atoms with Gasteiger partial charge in [-0.2, -0.15) is 5.26 Å². The molecule has 0 aliphatic rings. The molecule has 1 aromatic carbocycles. The number of esters is 1. The average Bonchev–Trinajstić information content (AvgIpc) is 2.21. The van der Waals surface area contributed by atoms with Crippen LogP contribution < -0.4 is 0 Å². The number of nitriles is 1. The van der Waals surface area contributed by atoms with Crippen molar-refractivity contribution < 1.29 is 18.3 Å². The van der Waals surface area contributed by atoms with Crippen LogP contribution in [0.2, 0.25) is 0 Å². The van der Waals surface area contributed by atoms with E-state index in [9.17, 15) is 13.6 Å². The lowest BCUT2D eigenvalue weighted by molar-refractivity contribution is 0.0520. The Bertz CT molecular complexity index is 438. The summed E-state index contributed by atoms with van der Waals surface area (Å²) in [6.45, 7) is 1.62. The van der Waals surface area contributed by atoms with Crippen LogP contribution in [0.25, 0.3) is 0 Å². The Morgan fingerprint density at radius 2 is 2.13 bits per heavy atom. The molecule has 1 aromatic rings. The summed E-state index contributed by atoms with van der Waals surface area (Å²) in [6, 6.07) is 2.79. The van der Waals surface area contributed by atoms with Gasteiger partial charge in [-0.1, -0.05) is 0 Å². The third-order valence-electron chi connectivity index (χ3n) is 1.67. The molecule has 0 saturated carbocycles. The van der Waals surface area contributed by atoms with E-state index in [1.54, 1.807) is 6.92 Å². The lowest BCUT2D eigenvalue weighted by Crippen LogP contribution is -2.08. The first-order valence-corrected chi connectivity index (χ1v) is 4.16. The van der Waals surface area contributed by atoms with E-state index in [0.717, 1.165) is 0 Å². The highest BCUT2D eigenvalue weighted by Crippen LogP contribution is 2.15. The molecule has 0 aliphatic heterocycles. The maximum atomic E-state index is 13.2. The fourth-order valence-electron chi connectivity index (χ4n) is 0.998. The molecule has 0 aromatic heterocycles. The van der Waals surface area contributed by atoms with E-state index in [2.05, 4.69) is 4.74 Å². The first-order chi connectivity index (χ1) is 7.10. The maximum Gasteiger partial charge on any atom is 0.341 e. The average molecular weight is 211 g/mol. The number of carbonyl (C=O) groups is 1. The van der Waals surface area contributed by atoms with Gasteiger partial charge in [0.15, 0.2) is 0 Å². The molecule has 5 heteroatoms. The summed E-state index contributed by atoms with van der Waals surface area (Å²) in [5.41, 5.74) is -0.950. The second-order valence-corrected chi connectivity index (χ2v) is 2.64. The maximum absolute atomic E-state index is 13.2. The first kappa shape index (κ1) is 11.1. The number of carbonyl (C=O) groups excluding carboxylic acids is 1. The van der Waals surface area contributed by atoms with Crippen molar-refractivity contribution >= 4 is 5.97 Å². The Kier molecular flexibility index (Phi) is 3.34. The van der Waals surface area contributed by atoms with Gasteiger partial charge in [0.05, 0.1) is 17.7 Å². The van der Waals surface area contributed by atoms with Crippen LogP contribution in [0.5, 0.6) is 0 Å². The minimum atomic E-state index is -0.966. The first-order valence-electron chi connectivity index (χ1n) is 4.16. The van der Waals surface area contributed by atoms with Crippen LogP contribution in [0.3, 0.4) is 0 Å². The normalized spacial score (nSPS) is 9.47. The summed E-state index contributed by atoms with van der Waals surface area (Å²) in [5.74, 6) is -2.85. The molecule has 15 heavy (non-hydrogen) atoms. The largest absolute Gasteiger partial charge is 0.462 e. The molecule has 0 atom stereocenters. The molecule has 1 rings (SSSR count). The lowest BCUT2D eigenvalue weighted by Gasteiger charge is -2.03. The molecular weight excluding hydrogens is 204 g/mol. The van der Waals surface area contributed by atoms with Crippen molar-refractivity contribution in [2.75, 3.05) is 6.61 Å². The fourth-order valence-corrected chi connectivity index (χ4v) is 0.998. The zero-order chi connectivity index (χ0) is 11.4. The molecule has 0 fully saturated rings. The Labute approximate surface area is 84.9 Å². The summed E-state index contributed by atoms with van der Waals surface area (Å²) in [7, 11) is 0. The van der Waals surface area contributed by atoms with Gasteiger partial charge in [-0.25, -0.2) is 13.6 Å². The van der Waals surface area contributed by atoms with Crippen LogP contribution in [0.4, 0.5) is 8.78 Å². The molecule has 3 nitrogen and oxygen atoms in total. The number of hydrogen-bond acceptors (Lipinski definition) is 3. The molecule has 0 aliphatic carbocycles. The Balaban J connectivity index is 3.17. The van der Waals surface area contributed by atoms with Gasteiger partial charge in [-0.05, 0) is 19.1 Å². The number of ether oxygens (including phenoxy) is 1. The van der Waals surface area contributed by atoms with Crippen molar-refractivity contribution in [3.8, 4) is 6.07 Å². The Morgan fingerprint density at radius 1 is 1.47 bits per heavy atom. The van der Waals surface area contributed by atoms with Crippen LogP contribution in [-0.4, -0.2) is 12.6 Å². The van der Waals surface area contributed by atoms with Crippen molar-refractivity contribution in [2.24, 2.45) is 0 Å². The van der Waals surface area contributed by atoms with Gasteiger partial charge in [0, 0.05) is 0 Å². The van der Waals surface area contributed by atoms with Gasteiger partial charge < -0.3 is 4.74 Å². The van der Waals surface area contributed by atoms with E-state index in [-0.39, 0.29) is 6.61 Å². The molecule has 0 bridgehead atoms. The molecular formula is C10H7F2NO2. The highest BCUT2D eigenvalue weighted by molar-refractivity contribution is 5.89. The van der Waals surface area contributed by atoms with E-state index in [4.69, 9.17) is 5.26 Å². The second-order valence-electron chi connectivity index (χ2n) is 2.64. The van der Waals surface area contributed by atoms with Crippen molar-refractivity contribution in [1.29, 1.82) is 5.26 Å². The van der Waals surface area contributed by atoms with E-state index in [1.165, 1.54) is 6.07 Å². The summed E-state index contributed by atoms with van der Waals surface area (Å²) >= 11 is 0. The van der Waals surface area contributed by atoms with Crippen molar-refractivity contribution in [3.05, 3.63) is 34.9 Å². The van der Waals surface area contributed by atoms with Crippen LogP contribution >= 0.6 is 0 Å². The van der Waals surface area contributed by atoms with Crippen molar-refractivity contribution in [2.45, 2.75) is 6.92 Å². The van der Waals surface area contributed by atoms with Crippen molar-refractivity contribution in [3.63, 3.8) is 0 Å². The van der Waals surface area contributed by atoms with Gasteiger partial charge in [0.2, 0.25) is 0 Å². The zero-order valence-corrected chi connectivity index (χ0v) is 7.88. The van der Waals surface area contributed by atoms with Crippen LogP contribution in [0.15, 0.2) is 12.1 Å². The highest BCUT2D eigenvalue weighted by atomic mass is 19.1. The predicted molar refractivity (Wildman–Crippen MR) is 47.0 cm³/mol. The summed E-state index contributed by atoms with van der Waals surface area (Å²) in [4.78, 5) is 11.1. The van der Waals surface area contributed by atoms with Crippen molar-refractivity contribution in [1.82, 2.24) is 0 Å². The summed E-state index contributed by atoms with van der Waals surface area (Å²) in [6.07, 6.45) is 0. The number of hydrogen-bond donors (Lipinski definition) is 0. The van der Waals surface area contributed by atoms with Gasteiger partial charge in [0.25, 0.3) is 0 Å². The smallest absolute Gasteiger partial charge is 0.341 e. The predicted octanol–water partition coefficient (Wildman–Crippen LogP) is 2.01. The third kappa shape index (κ3) is 2.29. The molecule has 0 amide bonds. The molecule has 0 N–H and O–H groups in total. The third-order valence-corrected chi connectivity index (χ3v) is 1.67. The number of benzene rings is 1. The minimum absolute atomic E-state index is 0.0693. The monoisotopic (exact) mass is 211 g/mol. The van der Waals surface area contributed by atoms with Crippen LogP contribution in [0, 0.1) is 23.0 Å². The quantitative estimate of drug-likeness (QED) is 0.703. The van der Waals surface area contributed by atoms with Gasteiger partial charge in [-0.3, -0.25) is 0 Å². The van der Waals surface area contributed by atoms with Gasteiger partial charge in [0.1, 0.15) is 17.7 Å². The summed E-state index contributed by atoms with van der Waals surface area (Å²) in [5, 5.41) is 8.40. The number of nitrogens with zero attached hydrogens (tertiary/aromatic N) is 1.